The van der Waals surface area contributed by atoms with E-state index in [4.69, 9.17) is 11.5 Å². The summed E-state index contributed by atoms with van der Waals surface area (Å²) in [6.07, 6.45) is 0.106. The van der Waals surface area contributed by atoms with Crippen molar-refractivity contribution in [1.29, 1.82) is 0 Å². The fourth-order valence-electron chi connectivity index (χ4n) is 0.613. The Bertz CT molecular complexity index is 161. The van der Waals surface area contributed by atoms with Crippen LogP contribution in [0.4, 0.5) is 0 Å². The van der Waals surface area contributed by atoms with Gasteiger partial charge in [0.05, 0.1) is 12.5 Å². The molecule has 0 aliphatic carbocycles. The zero-order valence-electron chi connectivity index (χ0n) is 6.12. The number of hydrogen-bond acceptors (Lipinski definition) is 4. The predicted octanol–water partition coefficient (Wildman–Crippen LogP) is -1.06. The van der Waals surface area contributed by atoms with Gasteiger partial charge in [0.25, 0.3) is 0 Å². The number of ketones is 1. The van der Waals surface area contributed by atoms with Crippen LogP contribution >= 0.6 is 12.6 Å². The highest BCUT2D eigenvalue weighted by atomic mass is 32.1. The first-order chi connectivity index (χ1) is 5.11. The van der Waals surface area contributed by atoms with Crippen molar-refractivity contribution < 1.29 is 9.59 Å². The lowest BCUT2D eigenvalue weighted by Crippen LogP contribution is -2.29. The van der Waals surface area contributed by atoms with E-state index in [1.165, 1.54) is 0 Å². The van der Waals surface area contributed by atoms with Gasteiger partial charge in [-0.2, -0.15) is 12.6 Å². The summed E-state index contributed by atoms with van der Waals surface area (Å²) in [6, 6.07) is 0. The van der Waals surface area contributed by atoms with Crippen molar-refractivity contribution in [1.82, 2.24) is 0 Å². The molecule has 0 spiro atoms. The number of thiol groups is 1. The first-order valence-electron chi connectivity index (χ1n) is 3.23. The zero-order chi connectivity index (χ0) is 8.85. The van der Waals surface area contributed by atoms with Gasteiger partial charge in [0.2, 0.25) is 5.91 Å². The van der Waals surface area contributed by atoms with Crippen molar-refractivity contribution in [2.45, 2.75) is 6.42 Å². The average Bonchev–Trinajstić information content (AvgIpc) is 1.99. The molecule has 0 aliphatic rings. The fourth-order valence-corrected chi connectivity index (χ4v) is 0.922. The van der Waals surface area contributed by atoms with Crippen LogP contribution in [0, 0.1) is 5.92 Å². The third-order valence-electron chi connectivity index (χ3n) is 1.32. The summed E-state index contributed by atoms with van der Waals surface area (Å²) in [7, 11) is 0. The molecule has 0 aliphatic heterocycles. The standard InChI is InChI=1S/C6H12N2O2S/c7-2-5(9)1-4(3-11)6(8)10/h4,11H,1-3,7H2,(H2,8,10). The van der Waals surface area contributed by atoms with E-state index in [0.29, 0.717) is 5.75 Å². The molecule has 0 aromatic rings. The second-order valence-electron chi connectivity index (χ2n) is 2.23. The van der Waals surface area contributed by atoms with Gasteiger partial charge in [0.1, 0.15) is 5.78 Å². The number of nitrogens with two attached hydrogens (primary N) is 2. The van der Waals surface area contributed by atoms with Gasteiger partial charge < -0.3 is 11.5 Å². The Kier molecular flexibility index (Phi) is 4.89. The molecule has 0 radical (unpaired) electrons. The minimum Gasteiger partial charge on any atom is -0.369 e. The highest BCUT2D eigenvalue weighted by Gasteiger charge is 2.16. The number of rotatable bonds is 5. The second-order valence-corrected chi connectivity index (χ2v) is 2.59. The molecule has 0 heterocycles. The smallest absolute Gasteiger partial charge is 0.221 e. The summed E-state index contributed by atoms with van der Waals surface area (Å²) in [4.78, 5) is 21.3. The van der Waals surface area contributed by atoms with Gasteiger partial charge >= 0.3 is 0 Å². The van der Waals surface area contributed by atoms with Gasteiger partial charge in [-0.15, -0.1) is 0 Å². The molecule has 0 fully saturated rings. The van der Waals surface area contributed by atoms with Crippen molar-refractivity contribution >= 4 is 24.3 Å². The largest absolute Gasteiger partial charge is 0.369 e. The molecule has 1 unspecified atom stereocenters. The molecule has 4 N–H and O–H groups in total. The van der Waals surface area contributed by atoms with Crippen LogP contribution in [0.15, 0.2) is 0 Å². The van der Waals surface area contributed by atoms with Crippen molar-refractivity contribution in [3.05, 3.63) is 0 Å². The van der Waals surface area contributed by atoms with Gasteiger partial charge in [-0.3, -0.25) is 9.59 Å². The Balaban J connectivity index is 3.88. The number of hydrogen-bond donors (Lipinski definition) is 3. The van der Waals surface area contributed by atoms with E-state index in [0.717, 1.165) is 0 Å². The highest BCUT2D eigenvalue weighted by Crippen LogP contribution is 2.04. The normalized spacial score (nSPS) is 12.5. The van der Waals surface area contributed by atoms with Crippen LogP contribution in [0.3, 0.4) is 0 Å². The van der Waals surface area contributed by atoms with E-state index in [1.54, 1.807) is 0 Å². The average molecular weight is 176 g/mol. The predicted molar refractivity (Wildman–Crippen MR) is 45.2 cm³/mol. The van der Waals surface area contributed by atoms with Gasteiger partial charge in [-0.1, -0.05) is 0 Å². The van der Waals surface area contributed by atoms with E-state index in [9.17, 15) is 9.59 Å². The first-order valence-corrected chi connectivity index (χ1v) is 3.87. The van der Waals surface area contributed by atoms with Crippen molar-refractivity contribution in [3.8, 4) is 0 Å². The molecule has 0 aromatic carbocycles. The van der Waals surface area contributed by atoms with Gasteiger partial charge in [0, 0.05) is 12.2 Å². The van der Waals surface area contributed by atoms with Crippen molar-refractivity contribution in [3.63, 3.8) is 0 Å². The minimum absolute atomic E-state index is 0.0441. The van der Waals surface area contributed by atoms with Crippen molar-refractivity contribution in [2.24, 2.45) is 17.4 Å². The van der Waals surface area contributed by atoms with Crippen LogP contribution in [0.5, 0.6) is 0 Å². The Morgan fingerprint density at radius 3 is 2.27 bits per heavy atom. The van der Waals surface area contributed by atoms with Crippen LogP contribution in [0.1, 0.15) is 6.42 Å². The van der Waals surface area contributed by atoms with E-state index in [-0.39, 0.29) is 18.7 Å². The maximum atomic E-state index is 10.7. The number of carbonyl (C=O) groups excluding carboxylic acids is 2. The molecule has 1 amide bonds. The van der Waals surface area contributed by atoms with Crippen LogP contribution in [-0.4, -0.2) is 24.0 Å². The van der Waals surface area contributed by atoms with Crippen LogP contribution < -0.4 is 11.5 Å². The van der Waals surface area contributed by atoms with Crippen LogP contribution in [-0.2, 0) is 9.59 Å². The molecule has 4 nitrogen and oxygen atoms in total. The lowest BCUT2D eigenvalue weighted by atomic mass is 10.0. The second kappa shape index (κ2) is 5.15. The molecule has 0 saturated heterocycles. The molecule has 0 aromatic heterocycles. The third kappa shape index (κ3) is 4.00. The fraction of sp³-hybridized carbons (Fsp3) is 0.667. The Morgan fingerprint density at radius 1 is 1.45 bits per heavy atom. The highest BCUT2D eigenvalue weighted by molar-refractivity contribution is 7.80. The Labute approximate surface area is 70.7 Å². The minimum atomic E-state index is -0.498. The van der Waals surface area contributed by atoms with E-state index in [1.807, 2.05) is 0 Å². The van der Waals surface area contributed by atoms with Gasteiger partial charge in [0.15, 0.2) is 0 Å². The van der Waals surface area contributed by atoms with Gasteiger partial charge in [-0.05, 0) is 0 Å². The van der Waals surface area contributed by atoms with Crippen LogP contribution in [0.25, 0.3) is 0 Å². The topological polar surface area (TPSA) is 86.2 Å². The summed E-state index contributed by atoms with van der Waals surface area (Å²) in [5.74, 6) is -0.847. The summed E-state index contributed by atoms with van der Waals surface area (Å²) in [5.41, 5.74) is 10.0. The Hall–Kier alpha value is -0.550. The number of amides is 1. The third-order valence-corrected chi connectivity index (χ3v) is 1.77. The number of carbonyl (C=O) groups is 2. The van der Waals surface area contributed by atoms with E-state index < -0.39 is 11.8 Å². The lowest BCUT2D eigenvalue weighted by molar-refractivity contribution is -0.126. The molecule has 0 bridgehead atoms. The summed E-state index contributed by atoms with van der Waals surface area (Å²) >= 11 is 3.87. The zero-order valence-corrected chi connectivity index (χ0v) is 7.01. The molecule has 0 rings (SSSR count). The SMILES string of the molecule is NCC(=O)CC(CS)C(N)=O. The molecule has 1 atom stereocenters. The number of Topliss-reactive ketones (excluding diaryl/α,β-unsaturated/α-hetero) is 1. The van der Waals surface area contributed by atoms with Crippen molar-refractivity contribution in [2.75, 3.05) is 12.3 Å². The molecular formula is C6H12N2O2S. The molecule has 0 saturated carbocycles. The van der Waals surface area contributed by atoms with E-state index in [2.05, 4.69) is 12.6 Å². The maximum absolute atomic E-state index is 10.7. The summed E-state index contributed by atoms with van der Waals surface area (Å²) < 4.78 is 0. The van der Waals surface area contributed by atoms with E-state index >= 15 is 0 Å². The summed E-state index contributed by atoms with van der Waals surface area (Å²) in [5, 5.41) is 0. The number of primary amides is 1. The Morgan fingerprint density at radius 2 is 2.00 bits per heavy atom. The first kappa shape index (κ1) is 10.4. The molecule has 64 valence electrons. The van der Waals surface area contributed by atoms with Gasteiger partial charge in [-0.25, -0.2) is 0 Å². The quantitative estimate of drug-likeness (QED) is 0.466. The molecular weight excluding hydrogens is 164 g/mol. The molecule has 11 heavy (non-hydrogen) atoms. The maximum Gasteiger partial charge on any atom is 0.221 e. The molecule has 5 heteroatoms. The monoisotopic (exact) mass is 176 g/mol. The van der Waals surface area contributed by atoms with Crippen LogP contribution in [0.2, 0.25) is 0 Å². The lowest BCUT2D eigenvalue weighted by Gasteiger charge is -2.07. The summed E-state index contributed by atoms with van der Waals surface area (Å²) in [6.45, 7) is -0.0441.